The van der Waals surface area contributed by atoms with E-state index in [0.29, 0.717) is 15.8 Å². The topological polar surface area (TPSA) is 52.0 Å². The fraction of sp³-hybridized carbons (Fsp3) is 0.0741. The van der Waals surface area contributed by atoms with Crippen LogP contribution in [-0.4, -0.2) is 15.3 Å². The highest BCUT2D eigenvalue weighted by Gasteiger charge is 2.15. The number of thiophene rings is 1. The van der Waals surface area contributed by atoms with Crippen molar-refractivity contribution in [3.63, 3.8) is 0 Å². The summed E-state index contributed by atoms with van der Waals surface area (Å²) in [6.07, 6.45) is 1.47. The molecule has 2 aromatic heterocycles. The van der Waals surface area contributed by atoms with Gasteiger partial charge in [-0.2, -0.15) is 0 Å². The predicted molar refractivity (Wildman–Crippen MR) is 130 cm³/mol. The highest BCUT2D eigenvalue weighted by Crippen LogP contribution is 2.32. The first kappa shape index (κ1) is 20.1. The van der Waals surface area contributed by atoms with Gasteiger partial charge in [0.1, 0.15) is 4.83 Å². The van der Waals surface area contributed by atoms with E-state index >= 15 is 0 Å². The molecule has 3 aromatic carbocycles. The summed E-state index contributed by atoms with van der Waals surface area (Å²) in [6.45, 7) is 1.94. The zero-order valence-corrected chi connectivity index (χ0v) is 18.3. The summed E-state index contributed by atoms with van der Waals surface area (Å²) in [5.74, 6) is -0.114. The third-order valence-electron chi connectivity index (χ3n) is 5.55. The molecule has 5 aromatic rings. The standard InChI is InChI=1S/C27H20N2O2S/c1-18-7-9-22(10-8-18)24(30)15-29-17-28-26-25(27(29)31)23(16-32-26)21-13-11-20(12-14-21)19-5-3-2-4-6-19/h2-14,16-17H,15H2,1H3. The van der Waals surface area contributed by atoms with Crippen molar-refractivity contribution in [1.82, 2.24) is 9.55 Å². The highest BCUT2D eigenvalue weighted by molar-refractivity contribution is 7.17. The lowest BCUT2D eigenvalue weighted by Crippen LogP contribution is -2.24. The fourth-order valence-corrected chi connectivity index (χ4v) is 4.66. The van der Waals surface area contributed by atoms with Crippen LogP contribution in [0.2, 0.25) is 0 Å². The molecular formula is C27H20N2O2S. The van der Waals surface area contributed by atoms with Crippen LogP contribution in [0.15, 0.2) is 95.4 Å². The molecule has 156 valence electrons. The van der Waals surface area contributed by atoms with Crippen molar-refractivity contribution in [3.8, 4) is 22.3 Å². The third kappa shape index (κ3) is 3.79. The number of rotatable bonds is 5. The molecule has 0 saturated carbocycles. The molecule has 0 spiro atoms. The first-order valence-electron chi connectivity index (χ1n) is 10.3. The smallest absolute Gasteiger partial charge is 0.263 e. The Morgan fingerprint density at radius 3 is 2.25 bits per heavy atom. The molecule has 0 atom stereocenters. The number of hydrogen-bond donors (Lipinski definition) is 0. The van der Waals surface area contributed by atoms with Crippen molar-refractivity contribution < 1.29 is 4.79 Å². The number of carbonyl (C=O) groups excluding carboxylic acids is 1. The quantitative estimate of drug-likeness (QED) is 0.318. The first-order valence-corrected chi connectivity index (χ1v) is 11.2. The number of Topliss-reactive ketones (excluding diaryl/α,β-unsaturated/α-hetero) is 1. The average molecular weight is 437 g/mol. The van der Waals surface area contributed by atoms with E-state index in [0.717, 1.165) is 27.8 Å². The fourth-order valence-electron chi connectivity index (χ4n) is 3.75. The van der Waals surface area contributed by atoms with Gasteiger partial charge in [-0.1, -0.05) is 84.4 Å². The molecule has 0 amide bonds. The number of fused-ring (bicyclic) bond motifs is 1. The van der Waals surface area contributed by atoms with Gasteiger partial charge in [0.2, 0.25) is 0 Å². The summed E-state index contributed by atoms with van der Waals surface area (Å²) >= 11 is 1.44. The molecule has 5 rings (SSSR count). The normalized spacial score (nSPS) is 11.0. The van der Waals surface area contributed by atoms with Gasteiger partial charge in [-0.3, -0.25) is 14.2 Å². The lowest BCUT2D eigenvalue weighted by atomic mass is 10.0. The second-order valence-electron chi connectivity index (χ2n) is 7.74. The van der Waals surface area contributed by atoms with Gasteiger partial charge in [0.15, 0.2) is 5.78 Å². The van der Waals surface area contributed by atoms with Crippen molar-refractivity contribution in [2.45, 2.75) is 13.5 Å². The number of aryl methyl sites for hydroxylation is 1. The van der Waals surface area contributed by atoms with Gasteiger partial charge in [-0.05, 0) is 23.6 Å². The van der Waals surface area contributed by atoms with Crippen LogP contribution in [-0.2, 0) is 6.54 Å². The summed E-state index contributed by atoms with van der Waals surface area (Å²) in [5.41, 5.74) is 5.55. The van der Waals surface area contributed by atoms with E-state index in [9.17, 15) is 9.59 Å². The number of aromatic nitrogens is 2. The Kier molecular flexibility index (Phi) is 5.25. The van der Waals surface area contributed by atoms with E-state index in [2.05, 4.69) is 29.2 Å². The monoisotopic (exact) mass is 436 g/mol. The van der Waals surface area contributed by atoms with Gasteiger partial charge < -0.3 is 0 Å². The predicted octanol–water partition coefficient (Wildman–Crippen LogP) is 5.98. The van der Waals surface area contributed by atoms with E-state index in [1.165, 1.54) is 22.2 Å². The van der Waals surface area contributed by atoms with Crippen LogP contribution in [0.3, 0.4) is 0 Å². The molecule has 5 heteroatoms. The van der Waals surface area contributed by atoms with E-state index < -0.39 is 0 Å². The minimum atomic E-state index is -0.196. The first-order chi connectivity index (χ1) is 15.6. The average Bonchev–Trinajstić information content (AvgIpc) is 3.27. The Morgan fingerprint density at radius 1 is 0.875 bits per heavy atom. The highest BCUT2D eigenvalue weighted by atomic mass is 32.1. The molecule has 0 aliphatic heterocycles. The van der Waals surface area contributed by atoms with Crippen LogP contribution in [0.4, 0.5) is 0 Å². The lowest BCUT2D eigenvalue weighted by Gasteiger charge is -2.07. The SMILES string of the molecule is Cc1ccc(C(=O)Cn2cnc3scc(-c4ccc(-c5ccccc5)cc4)c3c2=O)cc1. The van der Waals surface area contributed by atoms with E-state index in [-0.39, 0.29) is 17.9 Å². The van der Waals surface area contributed by atoms with E-state index in [4.69, 9.17) is 0 Å². The maximum atomic E-state index is 13.3. The number of benzene rings is 3. The summed E-state index contributed by atoms with van der Waals surface area (Å²) in [7, 11) is 0. The van der Waals surface area contributed by atoms with Crippen molar-refractivity contribution in [3.05, 3.63) is 112 Å². The second kappa shape index (κ2) is 8.36. The van der Waals surface area contributed by atoms with Crippen LogP contribution in [0.5, 0.6) is 0 Å². The van der Waals surface area contributed by atoms with Gasteiger partial charge in [0.05, 0.1) is 18.3 Å². The number of carbonyl (C=O) groups is 1. The summed E-state index contributed by atoms with van der Waals surface area (Å²) in [5, 5.41) is 2.52. The van der Waals surface area contributed by atoms with Gasteiger partial charge in [-0.25, -0.2) is 4.98 Å². The zero-order valence-electron chi connectivity index (χ0n) is 17.5. The van der Waals surface area contributed by atoms with Gasteiger partial charge >= 0.3 is 0 Å². The molecule has 0 fully saturated rings. The van der Waals surface area contributed by atoms with E-state index in [1.807, 2.05) is 54.8 Å². The van der Waals surface area contributed by atoms with Crippen molar-refractivity contribution in [2.24, 2.45) is 0 Å². The molecule has 0 aliphatic rings. The van der Waals surface area contributed by atoms with Crippen LogP contribution < -0.4 is 5.56 Å². The molecule has 0 radical (unpaired) electrons. The maximum Gasteiger partial charge on any atom is 0.263 e. The Morgan fingerprint density at radius 2 is 1.53 bits per heavy atom. The Hall–Kier alpha value is -3.83. The van der Waals surface area contributed by atoms with Crippen molar-refractivity contribution in [2.75, 3.05) is 0 Å². The Balaban J connectivity index is 1.49. The Bertz CT molecular complexity index is 1460. The van der Waals surface area contributed by atoms with Crippen molar-refractivity contribution >= 4 is 27.3 Å². The molecule has 0 aliphatic carbocycles. The molecular weight excluding hydrogens is 416 g/mol. The second-order valence-corrected chi connectivity index (χ2v) is 8.60. The summed E-state index contributed by atoms with van der Waals surface area (Å²) in [6, 6.07) is 25.7. The lowest BCUT2D eigenvalue weighted by molar-refractivity contribution is 0.0970. The Labute approximate surface area is 189 Å². The van der Waals surface area contributed by atoms with Crippen molar-refractivity contribution in [1.29, 1.82) is 0 Å². The number of hydrogen-bond acceptors (Lipinski definition) is 4. The van der Waals surface area contributed by atoms with Gasteiger partial charge in [0.25, 0.3) is 5.56 Å². The molecule has 0 unspecified atom stereocenters. The number of ketones is 1. The molecule has 0 N–H and O–H groups in total. The third-order valence-corrected chi connectivity index (χ3v) is 6.44. The zero-order chi connectivity index (χ0) is 22.1. The molecule has 2 heterocycles. The van der Waals surface area contributed by atoms with Crippen LogP contribution in [0, 0.1) is 6.92 Å². The number of nitrogens with zero attached hydrogens (tertiary/aromatic N) is 2. The minimum absolute atomic E-state index is 0.0347. The summed E-state index contributed by atoms with van der Waals surface area (Å²) < 4.78 is 1.40. The van der Waals surface area contributed by atoms with Gasteiger partial charge in [0, 0.05) is 16.5 Å². The molecule has 32 heavy (non-hydrogen) atoms. The van der Waals surface area contributed by atoms with Crippen LogP contribution >= 0.6 is 11.3 Å². The largest absolute Gasteiger partial charge is 0.292 e. The minimum Gasteiger partial charge on any atom is -0.292 e. The van der Waals surface area contributed by atoms with Crippen LogP contribution in [0.25, 0.3) is 32.5 Å². The van der Waals surface area contributed by atoms with E-state index in [1.54, 1.807) is 12.1 Å². The molecule has 0 bridgehead atoms. The maximum absolute atomic E-state index is 13.3. The van der Waals surface area contributed by atoms with Crippen LogP contribution in [0.1, 0.15) is 15.9 Å². The molecule has 4 nitrogen and oxygen atoms in total. The summed E-state index contributed by atoms with van der Waals surface area (Å²) in [4.78, 5) is 31.1. The molecule has 0 saturated heterocycles. The van der Waals surface area contributed by atoms with Gasteiger partial charge in [-0.15, -0.1) is 11.3 Å².